The van der Waals surface area contributed by atoms with Crippen molar-refractivity contribution < 1.29 is 28.6 Å². The summed E-state index contributed by atoms with van der Waals surface area (Å²) in [5, 5.41) is 0. The number of allylic oxidation sites excluding steroid dienone is 8. The molecule has 0 aliphatic carbocycles. The lowest BCUT2D eigenvalue weighted by Gasteiger charge is -2.18. The monoisotopic (exact) mass is 1050 g/mol. The Labute approximate surface area is 467 Å². The largest absolute Gasteiger partial charge is 0.462 e. The van der Waals surface area contributed by atoms with E-state index in [1.165, 1.54) is 225 Å². The van der Waals surface area contributed by atoms with Crippen molar-refractivity contribution in [2.24, 2.45) is 0 Å². The number of esters is 3. The fraction of sp³-hybridized carbons (Fsp3) is 0.841. The Morgan fingerprint density at radius 1 is 0.267 bits per heavy atom. The Kier molecular flexibility index (Phi) is 61.7. The van der Waals surface area contributed by atoms with Gasteiger partial charge in [0.1, 0.15) is 13.2 Å². The minimum atomic E-state index is -0.777. The minimum Gasteiger partial charge on any atom is -0.462 e. The molecule has 0 aromatic carbocycles. The van der Waals surface area contributed by atoms with E-state index in [-0.39, 0.29) is 31.1 Å². The zero-order valence-electron chi connectivity index (χ0n) is 50.3. The van der Waals surface area contributed by atoms with E-state index in [4.69, 9.17) is 14.2 Å². The number of rotatable bonds is 61. The topological polar surface area (TPSA) is 78.9 Å². The molecule has 0 N–H and O–H groups in total. The molecule has 1 unspecified atom stereocenters. The van der Waals surface area contributed by atoms with Crippen LogP contribution in [0.25, 0.3) is 0 Å². The first-order chi connectivity index (χ1) is 37.0. The summed E-state index contributed by atoms with van der Waals surface area (Å²) in [7, 11) is 0. The molecule has 1 atom stereocenters. The van der Waals surface area contributed by atoms with E-state index in [2.05, 4.69) is 69.4 Å². The molecule has 0 aromatic heterocycles. The van der Waals surface area contributed by atoms with Crippen LogP contribution in [0, 0.1) is 0 Å². The molecule has 0 saturated carbocycles. The van der Waals surface area contributed by atoms with Crippen LogP contribution >= 0.6 is 0 Å². The van der Waals surface area contributed by atoms with E-state index in [0.29, 0.717) is 19.3 Å². The van der Waals surface area contributed by atoms with Crippen LogP contribution in [0.5, 0.6) is 0 Å². The Morgan fingerprint density at radius 2 is 0.493 bits per heavy atom. The Morgan fingerprint density at radius 3 is 0.773 bits per heavy atom. The van der Waals surface area contributed by atoms with E-state index in [1.54, 1.807) is 0 Å². The lowest BCUT2D eigenvalue weighted by molar-refractivity contribution is -0.167. The summed E-state index contributed by atoms with van der Waals surface area (Å²) in [5.74, 6) is -0.867. The summed E-state index contributed by atoms with van der Waals surface area (Å²) in [5.41, 5.74) is 0. The van der Waals surface area contributed by atoms with Gasteiger partial charge < -0.3 is 14.2 Å². The number of ether oxygens (including phenoxy) is 3. The average molecular weight is 1050 g/mol. The van der Waals surface area contributed by atoms with Crippen LogP contribution in [-0.4, -0.2) is 37.2 Å². The average Bonchev–Trinajstić information content (AvgIpc) is 3.41. The normalized spacial score (nSPS) is 12.3. The number of hydrogen-bond donors (Lipinski definition) is 0. The molecule has 0 aromatic rings. The van der Waals surface area contributed by atoms with Gasteiger partial charge in [-0.25, -0.2) is 0 Å². The summed E-state index contributed by atoms with van der Waals surface area (Å²) in [4.78, 5) is 38.3. The van der Waals surface area contributed by atoms with Gasteiger partial charge in [0.15, 0.2) is 6.10 Å². The summed E-state index contributed by atoms with van der Waals surface area (Å²) in [6.45, 7) is 6.63. The molecule has 0 bridgehead atoms. The van der Waals surface area contributed by atoms with Crippen molar-refractivity contribution in [3.05, 3.63) is 48.6 Å². The third kappa shape index (κ3) is 62.1. The van der Waals surface area contributed by atoms with Crippen molar-refractivity contribution in [3.63, 3.8) is 0 Å². The predicted octanol–water partition coefficient (Wildman–Crippen LogP) is 22.6. The van der Waals surface area contributed by atoms with Crippen LogP contribution in [0.15, 0.2) is 48.6 Å². The Bertz CT molecular complexity index is 1300. The van der Waals surface area contributed by atoms with Crippen molar-refractivity contribution in [2.75, 3.05) is 13.2 Å². The Hall–Kier alpha value is -2.63. The minimum absolute atomic E-state index is 0.0741. The second-order valence-electron chi connectivity index (χ2n) is 22.4. The summed E-state index contributed by atoms with van der Waals surface area (Å²) in [6.07, 6.45) is 79.9. The third-order valence-electron chi connectivity index (χ3n) is 14.8. The smallest absolute Gasteiger partial charge is 0.306 e. The van der Waals surface area contributed by atoms with E-state index < -0.39 is 6.10 Å². The highest BCUT2D eigenvalue weighted by atomic mass is 16.6. The molecule has 438 valence electrons. The van der Waals surface area contributed by atoms with Crippen molar-refractivity contribution in [1.29, 1.82) is 0 Å². The van der Waals surface area contributed by atoms with Crippen LogP contribution < -0.4 is 0 Å². The number of hydrogen-bond acceptors (Lipinski definition) is 6. The maximum atomic E-state index is 12.9. The molecule has 0 rings (SSSR count). The molecule has 6 nitrogen and oxygen atoms in total. The van der Waals surface area contributed by atoms with Crippen molar-refractivity contribution in [3.8, 4) is 0 Å². The van der Waals surface area contributed by atoms with Gasteiger partial charge in [0.25, 0.3) is 0 Å². The van der Waals surface area contributed by atoms with Gasteiger partial charge in [0, 0.05) is 19.3 Å². The van der Waals surface area contributed by atoms with Gasteiger partial charge in [0.2, 0.25) is 0 Å². The van der Waals surface area contributed by atoms with E-state index >= 15 is 0 Å². The molecule has 6 heteroatoms. The summed E-state index contributed by atoms with van der Waals surface area (Å²) in [6, 6.07) is 0. The maximum Gasteiger partial charge on any atom is 0.306 e. The Balaban J connectivity index is 4.17. The first kappa shape index (κ1) is 72.4. The van der Waals surface area contributed by atoms with Crippen LogP contribution in [0.1, 0.15) is 355 Å². The number of unbranched alkanes of at least 4 members (excludes halogenated alkanes) is 42. The highest BCUT2D eigenvalue weighted by Gasteiger charge is 2.19. The lowest BCUT2D eigenvalue weighted by Crippen LogP contribution is -2.30. The number of carbonyl (C=O) groups excluding carboxylic acids is 3. The lowest BCUT2D eigenvalue weighted by atomic mass is 10.0. The maximum absolute atomic E-state index is 12.9. The molecule has 0 radical (unpaired) electrons. The van der Waals surface area contributed by atoms with E-state index in [1.807, 2.05) is 0 Å². The molecule has 0 aliphatic rings. The second-order valence-corrected chi connectivity index (χ2v) is 22.4. The zero-order valence-corrected chi connectivity index (χ0v) is 50.3. The predicted molar refractivity (Wildman–Crippen MR) is 325 cm³/mol. The first-order valence-electron chi connectivity index (χ1n) is 33.1. The fourth-order valence-corrected chi connectivity index (χ4v) is 9.79. The van der Waals surface area contributed by atoms with Crippen LogP contribution in [0.2, 0.25) is 0 Å². The van der Waals surface area contributed by atoms with Gasteiger partial charge in [-0.2, -0.15) is 0 Å². The fourth-order valence-electron chi connectivity index (χ4n) is 9.79. The highest BCUT2D eigenvalue weighted by Crippen LogP contribution is 2.18. The standard InChI is InChI=1S/C69H126O6/c1-4-7-10-13-16-19-22-25-28-29-30-31-32-33-34-35-36-37-38-39-40-41-42-45-47-50-53-56-59-62-68(71)74-65-66(75-69(72)63-60-57-54-51-48-44-27-24-21-18-15-12-9-6-3)64-73-67(70)61-58-55-52-49-46-43-26-23-20-17-14-11-8-5-2/h15,18,22,24-25,27,29-30,66H,4-14,16-17,19-21,23,26,28,31-65H2,1-3H3/b18-15-,25-22-,27-24-,30-29-. The SMILES string of the molecule is CCCC/C=C\C/C=C\CCCCCCCC(=O)OC(COC(=O)CCCCCCCCCCCCCCCC)COC(=O)CCCCCCCCCCCCCCCCCCC/C=C\C/C=C\CCCCCCC. The van der Waals surface area contributed by atoms with Crippen LogP contribution in [-0.2, 0) is 28.6 Å². The first-order valence-corrected chi connectivity index (χ1v) is 33.1. The van der Waals surface area contributed by atoms with Gasteiger partial charge in [-0.3, -0.25) is 14.4 Å². The van der Waals surface area contributed by atoms with E-state index in [0.717, 1.165) is 89.9 Å². The molecule has 0 saturated heterocycles. The van der Waals surface area contributed by atoms with Crippen LogP contribution in [0.3, 0.4) is 0 Å². The summed E-state index contributed by atoms with van der Waals surface area (Å²) < 4.78 is 16.9. The second kappa shape index (κ2) is 63.9. The highest BCUT2D eigenvalue weighted by molar-refractivity contribution is 5.71. The van der Waals surface area contributed by atoms with Crippen molar-refractivity contribution in [1.82, 2.24) is 0 Å². The molecular formula is C69H126O6. The van der Waals surface area contributed by atoms with Crippen molar-refractivity contribution in [2.45, 2.75) is 361 Å². The van der Waals surface area contributed by atoms with E-state index in [9.17, 15) is 14.4 Å². The number of carbonyl (C=O) groups is 3. The third-order valence-corrected chi connectivity index (χ3v) is 14.8. The molecule has 0 amide bonds. The summed E-state index contributed by atoms with van der Waals surface area (Å²) >= 11 is 0. The molecule has 0 heterocycles. The molecule has 0 spiro atoms. The van der Waals surface area contributed by atoms with Gasteiger partial charge in [0.05, 0.1) is 0 Å². The molecule has 75 heavy (non-hydrogen) atoms. The van der Waals surface area contributed by atoms with Crippen LogP contribution in [0.4, 0.5) is 0 Å². The molecular weight excluding hydrogens is 925 g/mol. The molecule has 0 aliphatic heterocycles. The zero-order chi connectivity index (χ0) is 54.3. The quantitative estimate of drug-likeness (QED) is 0.0261. The van der Waals surface area contributed by atoms with Crippen molar-refractivity contribution >= 4 is 17.9 Å². The van der Waals surface area contributed by atoms with Gasteiger partial charge in [-0.05, 0) is 77.0 Å². The van der Waals surface area contributed by atoms with Gasteiger partial charge >= 0.3 is 17.9 Å². The van der Waals surface area contributed by atoms with Gasteiger partial charge in [-0.1, -0.05) is 307 Å². The van der Waals surface area contributed by atoms with Gasteiger partial charge in [-0.15, -0.1) is 0 Å². The molecule has 0 fully saturated rings.